The molecule has 0 aliphatic heterocycles. The third kappa shape index (κ3) is 3.53. The molecule has 4 rings (SSSR count). The predicted molar refractivity (Wildman–Crippen MR) is 110 cm³/mol. The summed E-state index contributed by atoms with van der Waals surface area (Å²) >= 11 is 0. The first-order chi connectivity index (χ1) is 13.2. The second-order valence-corrected chi connectivity index (χ2v) is 6.13. The van der Waals surface area contributed by atoms with Gasteiger partial charge in [-0.1, -0.05) is 18.2 Å². The lowest BCUT2D eigenvalue weighted by Gasteiger charge is -2.23. The standard InChI is InChI=1S/C22H20N4O/c1-2-26(22-20-14-16(23)8-13-21(20)24-15-25-22)17-9-11-19(12-10-17)27-18-6-4-3-5-7-18/h3-15H,2,23H2,1H3. The van der Waals surface area contributed by atoms with Crippen molar-refractivity contribution in [3.8, 4) is 11.5 Å². The highest BCUT2D eigenvalue weighted by Gasteiger charge is 2.13. The molecule has 0 aliphatic rings. The zero-order chi connectivity index (χ0) is 18.6. The fourth-order valence-electron chi connectivity index (χ4n) is 3.05. The molecule has 27 heavy (non-hydrogen) atoms. The summed E-state index contributed by atoms with van der Waals surface area (Å²) in [7, 11) is 0. The fourth-order valence-corrected chi connectivity index (χ4v) is 3.05. The number of benzene rings is 3. The van der Waals surface area contributed by atoms with E-state index in [0.29, 0.717) is 5.69 Å². The first kappa shape index (κ1) is 16.8. The number of rotatable bonds is 5. The van der Waals surface area contributed by atoms with Gasteiger partial charge in [0.2, 0.25) is 0 Å². The van der Waals surface area contributed by atoms with E-state index in [2.05, 4.69) is 21.8 Å². The van der Waals surface area contributed by atoms with Gasteiger partial charge in [-0.05, 0) is 61.5 Å². The maximum Gasteiger partial charge on any atom is 0.144 e. The summed E-state index contributed by atoms with van der Waals surface area (Å²) in [6.07, 6.45) is 1.59. The summed E-state index contributed by atoms with van der Waals surface area (Å²) in [5.74, 6) is 2.44. The number of fused-ring (bicyclic) bond motifs is 1. The number of ether oxygens (including phenoxy) is 1. The highest BCUT2D eigenvalue weighted by atomic mass is 16.5. The van der Waals surface area contributed by atoms with Crippen LogP contribution in [0.3, 0.4) is 0 Å². The molecule has 5 heteroatoms. The first-order valence-electron chi connectivity index (χ1n) is 8.85. The van der Waals surface area contributed by atoms with Crippen LogP contribution in [0.5, 0.6) is 11.5 Å². The topological polar surface area (TPSA) is 64.3 Å². The molecule has 0 unspecified atom stereocenters. The van der Waals surface area contributed by atoms with Crippen molar-refractivity contribution < 1.29 is 4.74 Å². The van der Waals surface area contributed by atoms with Crippen molar-refractivity contribution in [1.82, 2.24) is 9.97 Å². The average Bonchev–Trinajstić information content (AvgIpc) is 2.71. The largest absolute Gasteiger partial charge is 0.457 e. The monoisotopic (exact) mass is 356 g/mol. The molecule has 1 aromatic heterocycles. The quantitative estimate of drug-likeness (QED) is 0.500. The predicted octanol–water partition coefficient (Wildman–Crippen LogP) is 5.16. The van der Waals surface area contributed by atoms with Crippen LogP contribution in [0.25, 0.3) is 10.9 Å². The Morgan fingerprint density at radius 1 is 0.889 bits per heavy atom. The van der Waals surface area contributed by atoms with E-state index >= 15 is 0 Å². The summed E-state index contributed by atoms with van der Waals surface area (Å²) in [6.45, 7) is 2.86. The Morgan fingerprint density at radius 3 is 2.37 bits per heavy atom. The van der Waals surface area contributed by atoms with Crippen LogP contribution in [0.2, 0.25) is 0 Å². The molecule has 0 fully saturated rings. The summed E-state index contributed by atoms with van der Waals surface area (Å²) in [5.41, 5.74) is 8.57. The molecule has 3 aromatic carbocycles. The van der Waals surface area contributed by atoms with E-state index in [1.807, 2.05) is 72.8 Å². The molecule has 2 N–H and O–H groups in total. The molecule has 0 saturated heterocycles. The van der Waals surface area contributed by atoms with Gasteiger partial charge in [-0.25, -0.2) is 9.97 Å². The van der Waals surface area contributed by atoms with Crippen molar-refractivity contribution in [1.29, 1.82) is 0 Å². The van der Waals surface area contributed by atoms with Crippen LogP contribution in [0, 0.1) is 0 Å². The third-order valence-corrected chi connectivity index (χ3v) is 4.34. The van der Waals surface area contributed by atoms with E-state index in [4.69, 9.17) is 10.5 Å². The van der Waals surface area contributed by atoms with Crippen molar-refractivity contribution in [3.63, 3.8) is 0 Å². The SMILES string of the molecule is CCN(c1ccc(Oc2ccccc2)cc1)c1ncnc2ccc(N)cc12. The fraction of sp³-hybridized carbons (Fsp3) is 0.0909. The third-order valence-electron chi connectivity index (χ3n) is 4.34. The van der Waals surface area contributed by atoms with E-state index < -0.39 is 0 Å². The van der Waals surface area contributed by atoms with Crippen LogP contribution >= 0.6 is 0 Å². The Kier molecular flexibility index (Phi) is 4.58. The van der Waals surface area contributed by atoms with Gasteiger partial charge in [-0.3, -0.25) is 0 Å². The van der Waals surface area contributed by atoms with Gasteiger partial charge in [-0.15, -0.1) is 0 Å². The van der Waals surface area contributed by atoms with E-state index in [9.17, 15) is 0 Å². The van der Waals surface area contributed by atoms with Crippen LogP contribution in [0.4, 0.5) is 17.2 Å². The molecule has 0 spiro atoms. The van der Waals surface area contributed by atoms with Crippen molar-refractivity contribution in [2.24, 2.45) is 0 Å². The number of aromatic nitrogens is 2. The van der Waals surface area contributed by atoms with Gasteiger partial charge in [0.15, 0.2) is 0 Å². The zero-order valence-corrected chi connectivity index (χ0v) is 15.0. The Balaban J connectivity index is 1.66. The molecule has 0 saturated carbocycles. The maximum absolute atomic E-state index is 5.98. The number of anilines is 3. The van der Waals surface area contributed by atoms with Crippen LogP contribution < -0.4 is 15.4 Å². The van der Waals surface area contributed by atoms with Gasteiger partial charge in [0.05, 0.1) is 5.52 Å². The van der Waals surface area contributed by atoms with Crippen LogP contribution in [-0.2, 0) is 0 Å². The summed E-state index contributed by atoms with van der Waals surface area (Å²) in [6, 6.07) is 23.4. The molecule has 0 radical (unpaired) electrons. The molecule has 0 aliphatic carbocycles. The van der Waals surface area contributed by atoms with Crippen LogP contribution in [0.1, 0.15) is 6.92 Å². The normalized spacial score (nSPS) is 10.7. The number of para-hydroxylation sites is 1. The average molecular weight is 356 g/mol. The van der Waals surface area contributed by atoms with E-state index in [1.54, 1.807) is 6.33 Å². The Bertz CT molecular complexity index is 1050. The van der Waals surface area contributed by atoms with Crippen LogP contribution in [-0.4, -0.2) is 16.5 Å². The van der Waals surface area contributed by atoms with Gasteiger partial charge in [0.25, 0.3) is 0 Å². The summed E-state index contributed by atoms with van der Waals surface area (Å²) in [5, 5.41) is 0.934. The highest BCUT2D eigenvalue weighted by molar-refractivity contribution is 5.93. The Hall–Kier alpha value is -3.60. The van der Waals surface area contributed by atoms with Crippen molar-refractivity contribution in [2.75, 3.05) is 17.2 Å². The van der Waals surface area contributed by atoms with Crippen molar-refractivity contribution in [2.45, 2.75) is 6.92 Å². The first-order valence-corrected chi connectivity index (χ1v) is 8.85. The van der Waals surface area contributed by atoms with E-state index in [1.165, 1.54) is 0 Å². The number of hydrogen-bond acceptors (Lipinski definition) is 5. The minimum Gasteiger partial charge on any atom is -0.457 e. The molecule has 4 aromatic rings. The summed E-state index contributed by atoms with van der Waals surface area (Å²) < 4.78 is 5.88. The molecule has 134 valence electrons. The molecule has 0 atom stereocenters. The molecular formula is C22H20N4O. The van der Waals surface area contributed by atoms with Gasteiger partial charge < -0.3 is 15.4 Å². The lowest BCUT2D eigenvalue weighted by atomic mass is 10.2. The smallest absolute Gasteiger partial charge is 0.144 e. The molecular weight excluding hydrogens is 336 g/mol. The highest BCUT2D eigenvalue weighted by Crippen LogP contribution is 2.32. The second-order valence-electron chi connectivity index (χ2n) is 6.13. The minimum absolute atomic E-state index is 0.696. The lowest BCUT2D eigenvalue weighted by molar-refractivity contribution is 0.482. The zero-order valence-electron chi connectivity index (χ0n) is 15.0. The van der Waals surface area contributed by atoms with E-state index in [0.717, 1.165) is 40.5 Å². The number of nitrogens with two attached hydrogens (primary N) is 1. The Morgan fingerprint density at radius 2 is 1.63 bits per heavy atom. The number of nitrogen functional groups attached to an aromatic ring is 1. The second kappa shape index (κ2) is 7.33. The Labute approximate surface area is 158 Å². The lowest BCUT2D eigenvalue weighted by Crippen LogP contribution is -2.17. The number of nitrogens with zero attached hydrogens (tertiary/aromatic N) is 3. The number of hydrogen-bond donors (Lipinski definition) is 1. The molecule has 0 amide bonds. The molecule has 0 bridgehead atoms. The van der Waals surface area contributed by atoms with Gasteiger partial charge >= 0.3 is 0 Å². The molecule has 5 nitrogen and oxygen atoms in total. The van der Waals surface area contributed by atoms with Crippen LogP contribution in [0.15, 0.2) is 79.1 Å². The van der Waals surface area contributed by atoms with Crippen molar-refractivity contribution in [3.05, 3.63) is 79.1 Å². The van der Waals surface area contributed by atoms with Gasteiger partial charge in [0.1, 0.15) is 23.6 Å². The van der Waals surface area contributed by atoms with Crippen molar-refractivity contribution >= 4 is 28.1 Å². The maximum atomic E-state index is 5.98. The van der Waals surface area contributed by atoms with E-state index in [-0.39, 0.29) is 0 Å². The minimum atomic E-state index is 0.696. The summed E-state index contributed by atoms with van der Waals surface area (Å²) in [4.78, 5) is 11.0. The molecule has 1 heterocycles. The van der Waals surface area contributed by atoms with Gasteiger partial charge in [-0.2, -0.15) is 0 Å². The van der Waals surface area contributed by atoms with Gasteiger partial charge in [0, 0.05) is 23.3 Å².